The summed E-state index contributed by atoms with van der Waals surface area (Å²) in [5, 5.41) is 7.75. The van der Waals surface area contributed by atoms with Crippen LogP contribution in [0.3, 0.4) is 0 Å². The third-order valence-corrected chi connectivity index (χ3v) is 8.36. The number of aromatic nitrogens is 1. The smallest absolute Gasteiger partial charge is 0.228 e. The van der Waals surface area contributed by atoms with Gasteiger partial charge in [0.1, 0.15) is 18.5 Å². The quantitative estimate of drug-likeness (QED) is 0.194. The Hall–Kier alpha value is -3.39. The average molecular weight is 445 g/mol. The van der Waals surface area contributed by atoms with Gasteiger partial charge in [-0.15, -0.1) is 0 Å². The summed E-state index contributed by atoms with van der Waals surface area (Å²) in [7, 11) is 2.17. The first-order valence-electron chi connectivity index (χ1n) is 12.7. The molecule has 2 heteroatoms. The molecule has 1 aliphatic carbocycles. The fraction of sp³-hybridized carbons (Fsp3) is 0.281. The van der Waals surface area contributed by atoms with E-state index in [1.54, 1.807) is 0 Å². The first-order valence-corrected chi connectivity index (χ1v) is 12.7. The van der Waals surface area contributed by atoms with Gasteiger partial charge in [0, 0.05) is 11.6 Å². The van der Waals surface area contributed by atoms with Crippen LogP contribution >= 0.6 is 0 Å². The molecule has 5 aromatic rings. The van der Waals surface area contributed by atoms with Crippen LogP contribution in [0.5, 0.6) is 11.5 Å². The number of rotatable bonds is 2. The van der Waals surface area contributed by atoms with Crippen LogP contribution in [-0.2, 0) is 13.5 Å². The number of aryl methyl sites for hydroxylation is 3. The van der Waals surface area contributed by atoms with Crippen molar-refractivity contribution in [2.45, 2.75) is 46.0 Å². The van der Waals surface area contributed by atoms with Gasteiger partial charge in [0.15, 0.2) is 6.20 Å². The molecule has 0 bridgehead atoms. The van der Waals surface area contributed by atoms with Gasteiger partial charge >= 0.3 is 0 Å². The molecule has 1 aliphatic heterocycles. The zero-order chi connectivity index (χ0) is 23.0. The molecule has 0 unspecified atom stereocenters. The van der Waals surface area contributed by atoms with Gasteiger partial charge in [0.25, 0.3) is 0 Å². The van der Waals surface area contributed by atoms with E-state index < -0.39 is 0 Å². The Labute approximate surface area is 200 Å². The van der Waals surface area contributed by atoms with Gasteiger partial charge in [0.2, 0.25) is 5.69 Å². The maximum atomic E-state index is 6.86. The minimum absolute atomic E-state index is 0.819. The van der Waals surface area contributed by atoms with Gasteiger partial charge in [0.05, 0.1) is 10.9 Å². The van der Waals surface area contributed by atoms with Crippen LogP contribution in [0.4, 0.5) is 0 Å². The van der Waals surface area contributed by atoms with E-state index in [1.165, 1.54) is 85.9 Å². The van der Waals surface area contributed by atoms with Crippen LogP contribution in [0.1, 0.15) is 42.4 Å². The predicted octanol–water partition coefficient (Wildman–Crippen LogP) is 8.09. The lowest BCUT2D eigenvalue weighted by atomic mass is 9.86. The molecule has 0 radical (unpaired) electrons. The molecule has 1 saturated carbocycles. The van der Waals surface area contributed by atoms with Crippen LogP contribution in [0, 0.1) is 19.8 Å². The van der Waals surface area contributed by atoms with Crippen molar-refractivity contribution < 1.29 is 9.30 Å². The maximum absolute atomic E-state index is 6.86. The summed E-state index contributed by atoms with van der Waals surface area (Å²) in [6.45, 7) is 4.50. The molecule has 0 N–H and O–H groups in total. The molecule has 0 saturated heterocycles. The molecule has 168 valence electrons. The summed E-state index contributed by atoms with van der Waals surface area (Å²) in [6.07, 6.45) is 8.88. The molecule has 1 aromatic heterocycles. The lowest BCUT2D eigenvalue weighted by molar-refractivity contribution is -0.659. The highest BCUT2D eigenvalue weighted by molar-refractivity contribution is 6.14. The van der Waals surface area contributed by atoms with Crippen molar-refractivity contribution in [3.05, 3.63) is 77.5 Å². The van der Waals surface area contributed by atoms with E-state index in [0.29, 0.717) is 0 Å². The van der Waals surface area contributed by atoms with Crippen molar-refractivity contribution in [3.8, 4) is 22.8 Å². The number of pyridine rings is 1. The number of ether oxygens (including phenoxy) is 1. The SMILES string of the molecule is Cc1c2c(c(C)c3c1ccc1ccccc13)Oc1cc(CC3CCCC3)cc3cc[n+](C)c-2c13. The molecule has 0 spiro atoms. The summed E-state index contributed by atoms with van der Waals surface area (Å²) in [6, 6.07) is 20.2. The molecule has 7 rings (SSSR count). The fourth-order valence-corrected chi connectivity index (χ4v) is 6.69. The topological polar surface area (TPSA) is 13.1 Å². The van der Waals surface area contributed by atoms with E-state index in [0.717, 1.165) is 23.8 Å². The van der Waals surface area contributed by atoms with Crippen molar-refractivity contribution in [1.29, 1.82) is 0 Å². The summed E-state index contributed by atoms with van der Waals surface area (Å²) in [5.74, 6) is 2.86. The Morgan fingerprint density at radius 3 is 2.53 bits per heavy atom. The Kier molecular flexibility index (Phi) is 4.30. The fourth-order valence-electron chi connectivity index (χ4n) is 6.69. The van der Waals surface area contributed by atoms with Crippen LogP contribution in [0.15, 0.2) is 60.8 Å². The Bertz CT molecular complexity index is 1640. The van der Waals surface area contributed by atoms with Gasteiger partial charge in [-0.25, -0.2) is 4.57 Å². The van der Waals surface area contributed by atoms with E-state index >= 15 is 0 Å². The second kappa shape index (κ2) is 7.30. The highest BCUT2D eigenvalue weighted by Gasteiger charge is 2.32. The van der Waals surface area contributed by atoms with E-state index in [9.17, 15) is 0 Å². The Morgan fingerprint density at radius 2 is 1.68 bits per heavy atom. The summed E-state index contributed by atoms with van der Waals surface area (Å²) in [5.41, 5.74) is 6.46. The second-order valence-electron chi connectivity index (χ2n) is 10.5. The minimum atomic E-state index is 0.819. The lowest BCUT2D eigenvalue weighted by Gasteiger charge is -2.25. The van der Waals surface area contributed by atoms with Gasteiger partial charge in [-0.05, 0) is 70.3 Å². The first kappa shape index (κ1) is 20.0. The largest absolute Gasteiger partial charge is 0.455 e. The summed E-state index contributed by atoms with van der Waals surface area (Å²) >= 11 is 0. The van der Waals surface area contributed by atoms with Crippen molar-refractivity contribution in [3.63, 3.8) is 0 Å². The molecule has 2 aliphatic rings. The van der Waals surface area contributed by atoms with Crippen molar-refractivity contribution >= 4 is 32.3 Å². The molecule has 4 aromatic carbocycles. The van der Waals surface area contributed by atoms with E-state index in [-0.39, 0.29) is 0 Å². The van der Waals surface area contributed by atoms with E-state index in [4.69, 9.17) is 4.74 Å². The zero-order valence-corrected chi connectivity index (χ0v) is 20.2. The summed E-state index contributed by atoms with van der Waals surface area (Å²) < 4.78 is 9.15. The van der Waals surface area contributed by atoms with Crippen molar-refractivity contribution in [2.24, 2.45) is 13.0 Å². The van der Waals surface area contributed by atoms with E-state index in [2.05, 4.69) is 86.3 Å². The van der Waals surface area contributed by atoms with Crippen molar-refractivity contribution in [2.75, 3.05) is 0 Å². The van der Waals surface area contributed by atoms with Gasteiger partial charge < -0.3 is 4.74 Å². The molecule has 0 amide bonds. The standard InChI is InChI=1S/C32H30NO/c1-19-25-13-12-23-10-6-7-11-26(23)28(25)20(2)32-29(19)31-30-24(14-15-33(31)3)17-22(18-27(30)34-32)16-21-8-4-5-9-21/h6-7,10-15,17-18,21H,4-5,8-9,16H2,1-3H3/q+1. The number of benzene rings is 4. The number of hydrogen-bond donors (Lipinski definition) is 0. The monoisotopic (exact) mass is 444 g/mol. The average Bonchev–Trinajstić information content (AvgIpc) is 3.36. The molecule has 0 atom stereocenters. The Balaban J connectivity index is 1.53. The number of hydrogen-bond acceptors (Lipinski definition) is 1. The molecule has 2 nitrogen and oxygen atoms in total. The molecular weight excluding hydrogens is 414 g/mol. The van der Waals surface area contributed by atoms with Gasteiger partial charge in [-0.3, -0.25) is 0 Å². The Morgan fingerprint density at radius 1 is 0.853 bits per heavy atom. The van der Waals surface area contributed by atoms with Crippen LogP contribution in [0.25, 0.3) is 43.6 Å². The van der Waals surface area contributed by atoms with Crippen LogP contribution in [-0.4, -0.2) is 0 Å². The van der Waals surface area contributed by atoms with Crippen LogP contribution in [0.2, 0.25) is 0 Å². The molecule has 2 heterocycles. The highest BCUT2D eigenvalue weighted by atomic mass is 16.5. The lowest BCUT2D eigenvalue weighted by Crippen LogP contribution is -2.32. The molecule has 34 heavy (non-hydrogen) atoms. The maximum Gasteiger partial charge on any atom is 0.228 e. The minimum Gasteiger partial charge on any atom is -0.455 e. The van der Waals surface area contributed by atoms with Gasteiger partial charge in [-0.2, -0.15) is 0 Å². The van der Waals surface area contributed by atoms with Crippen molar-refractivity contribution in [1.82, 2.24) is 0 Å². The third-order valence-electron chi connectivity index (χ3n) is 8.36. The summed E-state index contributed by atoms with van der Waals surface area (Å²) in [4.78, 5) is 0. The van der Waals surface area contributed by atoms with E-state index in [1.807, 2.05) is 0 Å². The number of fused-ring (bicyclic) bond motifs is 5. The first-order chi connectivity index (χ1) is 16.6. The zero-order valence-electron chi connectivity index (χ0n) is 20.2. The van der Waals surface area contributed by atoms with Gasteiger partial charge in [-0.1, -0.05) is 68.1 Å². The molecular formula is C32H30NO+. The second-order valence-corrected chi connectivity index (χ2v) is 10.5. The predicted molar refractivity (Wildman–Crippen MR) is 141 cm³/mol. The van der Waals surface area contributed by atoms with Crippen LogP contribution < -0.4 is 9.30 Å². The highest BCUT2D eigenvalue weighted by Crippen LogP contribution is 2.51. The number of nitrogens with zero attached hydrogens (tertiary/aromatic N) is 1. The normalized spacial score (nSPS) is 15.3. The molecule has 1 fully saturated rings. The third kappa shape index (κ3) is 2.78.